The zero-order chi connectivity index (χ0) is 9.26. The van der Waals surface area contributed by atoms with E-state index in [1.165, 1.54) is 0 Å². The van der Waals surface area contributed by atoms with Crippen LogP contribution in [0.2, 0.25) is 0 Å². The summed E-state index contributed by atoms with van der Waals surface area (Å²) in [5.41, 5.74) is 0. The number of likely N-dealkylation sites (tertiary alicyclic amines) is 1. The van der Waals surface area contributed by atoms with Gasteiger partial charge in [0.1, 0.15) is 0 Å². The van der Waals surface area contributed by atoms with E-state index in [4.69, 9.17) is 4.42 Å². The number of hydrogen-bond acceptors (Lipinski definition) is 3. The molecule has 0 radical (unpaired) electrons. The van der Waals surface area contributed by atoms with Crippen LogP contribution in [-0.2, 0) is 7.05 Å². The third-order valence-electron chi connectivity index (χ3n) is 2.65. The molecule has 0 atom stereocenters. The molecule has 1 saturated heterocycles. The predicted octanol–water partition coefficient (Wildman–Crippen LogP) is 0.308. The Balaban J connectivity index is 2.02. The Morgan fingerprint density at radius 1 is 1.54 bits per heavy atom. The minimum Gasteiger partial charge on any atom is -0.388 e. The highest BCUT2D eigenvalue weighted by atomic mass is 16.4. The zero-order valence-electron chi connectivity index (χ0n) is 8.23. The van der Waals surface area contributed by atoms with Crippen LogP contribution in [0.5, 0.6) is 0 Å². The first-order valence-corrected chi connectivity index (χ1v) is 4.75. The van der Waals surface area contributed by atoms with Gasteiger partial charge in [-0.25, -0.2) is 0 Å². The summed E-state index contributed by atoms with van der Waals surface area (Å²) in [6.45, 7) is 2.30. The van der Waals surface area contributed by atoms with Crippen molar-refractivity contribution in [3.8, 4) is 0 Å². The van der Waals surface area contributed by atoms with E-state index in [9.17, 15) is 0 Å². The second-order valence-corrected chi connectivity index (χ2v) is 3.81. The van der Waals surface area contributed by atoms with Crippen molar-refractivity contribution in [3.05, 3.63) is 12.3 Å². The molecule has 4 nitrogen and oxygen atoms in total. The van der Waals surface area contributed by atoms with Crippen LogP contribution in [0.15, 0.2) is 10.8 Å². The van der Waals surface area contributed by atoms with Gasteiger partial charge in [-0.15, -0.1) is 0 Å². The van der Waals surface area contributed by atoms with E-state index in [1.807, 2.05) is 7.05 Å². The minimum absolute atomic E-state index is 0.525. The SMILES string of the molecule is CN1CCC(c2n[n+](C)co2)CC1. The van der Waals surface area contributed by atoms with Gasteiger partial charge in [0.2, 0.25) is 0 Å². The van der Waals surface area contributed by atoms with Crippen molar-refractivity contribution in [2.75, 3.05) is 20.1 Å². The van der Waals surface area contributed by atoms with Crippen molar-refractivity contribution in [1.82, 2.24) is 10.00 Å². The van der Waals surface area contributed by atoms with E-state index in [-0.39, 0.29) is 0 Å². The van der Waals surface area contributed by atoms with E-state index in [0.29, 0.717) is 5.92 Å². The molecule has 0 aliphatic carbocycles. The molecular weight excluding hydrogens is 166 g/mol. The fourth-order valence-electron chi connectivity index (χ4n) is 1.77. The molecule has 0 saturated carbocycles. The summed E-state index contributed by atoms with van der Waals surface area (Å²) in [6.07, 6.45) is 3.99. The molecule has 1 aliphatic rings. The highest BCUT2D eigenvalue weighted by molar-refractivity contribution is 4.90. The molecule has 1 aromatic heterocycles. The second-order valence-electron chi connectivity index (χ2n) is 3.81. The van der Waals surface area contributed by atoms with Crippen LogP contribution in [0.4, 0.5) is 0 Å². The number of nitrogens with zero attached hydrogens (tertiary/aromatic N) is 3. The summed E-state index contributed by atoms with van der Waals surface area (Å²) in [6, 6.07) is 0. The average molecular weight is 182 g/mol. The molecule has 0 aromatic carbocycles. The minimum atomic E-state index is 0.525. The lowest BCUT2D eigenvalue weighted by Gasteiger charge is -2.25. The van der Waals surface area contributed by atoms with Gasteiger partial charge < -0.3 is 9.32 Å². The van der Waals surface area contributed by atoms with Crippen LogP contribution >= 0.6 is 0 Å². The molecule has 72 valence electrons. The summed E-state index contributed by atoms with van der Waals surface area (Å²) >= 11 is 0. The average Bonchev–Trinajstić information content (AvgIpc) is 2.53. The van der Waals surface area contributed by atoms with Crippen LogP contribution in [0.25, 0.3) is 0 Å². The lowest BCUT2D eigenvalue weighted by Crippen LogP contribution is -2.32. The molecule has 0 spiro atoms. The van der Waals surface area contributed by atoms with Crippen molar-refractivity contribution in [3.63, 3.8) is 0 Å². The Morgan fingerprint density at radius 2 is 2.23 bits per heavy atom. The number of aromatic nitrogens is 2. The normalized spacial score (nSPS) is 20.8. The molecule has 1 aromatic rings. The number of hydrogen-bond donors (Lipinski definition) is 0. The van der Waals surface area contributed by atoms with E-state index >= 15 is 0 Å². The van der Waals surface area contributed by atoms with Gasteiger partial charge in [-0.2, -0.15) is 0 Å². The molecule has 0 bridgehead atoms. The van der Waals surface area contributed by atoms with Gasteiger partial charge in [0.15, 0.2) is 7.05 Å². The van der Waals surface area contributed by atoms with Crippen LogP contribution in [0.1, 0.15) is 24.7 Å². The fourth-order valence-corrected chi connectivity index (χ4v) is 1.77. The summed E-state index contributed by atoms with van der Waals surface area (Å²) in [4.78, 5) is 2.35. The van der Waals surface area contributed by atoms with Gasteiger partial charge in [-0.1, -0.05) is 4.68 Å². The summed E-state index contributed by atoms with van der Waals surface area (Å²) < 4.78 is 7.10. The van der Waals surface area contributed by atoms with Crippen LogP contribution in [-0.4, -0.2) is 30.1 Å². The van der Waals surface area contributed by atoms with Gasteiger partial charge in [-0.3, -0.25) is 0 Å². The lowest BCUT2D eigenvalue weighted by atomic mass is 9.97. The number of piperidine rings is 1. The van der Waals surface area contributed by atoms with Gasteiger partial charge in [0.05, 0.1) is 0 Å². The van der Waals surface area contributed by atoms with Gasteiger partial charge >= 0.3 is 6.39 Å². The van der Waals surface area contributed by atoms with Gasteiger partial charge in [-0.05, 0) is 33.0 Å². The Bertz CT molecular complexity index is 276. The quantitative estimate of drug-likeness (QED) is 0.586. The molecule has 2 heterocycles. The highest BCUT2D eigenvalue weighted by Gasteiger charge is 2.24. The monoisotopic (exact) mass is 182 g/mol. The molecule has 1 fully saturated rings. The summed E-state index contributed by atoms with van der Waals surface area (Å²) in [5.74, 6) is 1.42. The zero-order valence-corrected chi connectivity index (χ0v) is 8.23. The summed E-state index contributed by atoms with van der Waals surface area (Å²) in [7, 11) is 4.05. The maximum atomic E-state index is 5.37. The van der Waals surface area contributed by atoms with Crippen molar-refractivity contribution in [1.29, 1.82) is 0 Å². The fraction of sp³-hybridized carbons (Fsp3) is 0.778. The Hall–Kier alpha value is -0.900. The first kappa shape index (κ1) is 8.69. The molecule has 0 amide bonds. The molecule has 1 aliphatic heterocycles. The van der Waals surface area contributed by atoms with E-state index in [0.717, 1.165) is 31.8 Å². The third-order valence-corrected chi connectivity index (χ3v) is 2.65. The highest BCUT2D eigenvalue weighted by Crippen LogP contribution is 2.24. The molecule has 0 N–H and O–H groups in total. The van der Waals surface area contributed by atoms with Crippen LogP contribution < -0.4 is 4.68 Å². The van der Waals surface area contributed by atoms with E-state index in [1.54, 1.807) is 11.1 Å². The van der Waals surface area contributed by atoms with Crippen molar-refractivity contribution in [2.24, 2.45) is 7.05 Å². The number of rotatable bonds is 1. The van der Waals surface area contributed by atoms with Crippen LogP contribution in [0, 0.1) is 0 Å². The maximum absolute atomic E-state index is 5.37. The third kappa shape index (κ3) is 1.88. The molecule has 4 heteroatoms. The number of aryl methyl sites for hydroxylation is 1. The lowest BCUT2D eigenvalue weighted by molar-refractivity contribution is -0.731. The van der Waals surface area contributed by atoms with Gasteiger partial charge in [0.25, 0.3) is 5.89 Å². The van der Waals surface area contributed by atoms with Gasteiger partial charge in [0, 0.05) is 11.0 Å². The second kappa shape index (κ2) is 3.46. The topological polar surface area (TPSA) is 33.2 Å². The van der Waals surface area contributed by atoms with Crippen molar-refractivity contribution >= 4 is 0 Å². The molecule has 13 heavy (non-hydrogen) atoms. The first-order valence-electron chi connectivity index (χ1n) is 4.75. The Morgan fingerprint density at radius 3 is 2.77 bits per heavy atom. The van der Waals surface area contributed by atoms with E-state index in [2.05, 4.69) is 17.0 Å². The molecular formula is C9H16N3O+. The first-order chi connectivity index (χ1) is 6.25. The smallest absolute Gasteiger partial charge is 0.361 e. The largest absolute Gasteiger partial charge is 0.388 e. The molecule has 2 rings (SSSR count). The predicted molar refractivity (Wildman–Crippen MR) is 47.2 cm³/mol. The molecule has 0 unspecified atom stereocenters. The van der Waals surface area contributed by atoms with E-state index < -0.39 is 0 Å². The Labute approximate surface area is 78.2 Å². The van der Waals surface area contributed by atoms with Crippen LogP contribution in [0.3, 0.4) is 0 Å². The van der Waals surface area contributed by atoms with Crippen molar-refractivity contribution in [2.45, 2.75) is 18.8 Å². The standard InChI is InChI=1S/C9H16N3O/c1-11-5-3-8(4-6-11)9-10-12(2)7-13-9/h7-8H,3-6H2,1-2H3/q+1. The Kier molecular flexibility index (Phi) is 2.31. The maximum Gasteiger partial charge on any atom is 0.361 e. The van der Waals surface area contributed by atoms with Crippen molar-refractivity contribution < 1.29 is 9.10 Å². The summed E-state index contributed by atoms with van der Waals surface area (Å²) in [5, 5.41) is 4.29.